The SMILES string of the molecule is CC(c1ccc(S(N)(=O)=O)cc1)N(C)C(=O)CC1COCCN1.Cl. The van der Waals surface area contributed by atoms with Crippen molar-refractivity contribution in [2.75, 3.05) is 26.8 Å². The van der Waals surface area contributed by atoms with Gasteiger partial charge in [-0.1, -0.05) is 12.1 Å². The molecule has 1 aliphatic rings. The van der Waals surface area contributed by atoms with Crippen LogP contribution in [0.4, 0.5) is 0 Å². The number of sulfonamides is 1. The van der Waals surface area contributed by atoms with E-state index in [1.165, 1.54) is 12.1 Å². The number of primary sulfonamides is 1. The molecule has 1 fully saturated rings. The molecule has 1 aromatic carbocycles. The van der Waals surface area contributed by atoms with Crippen LogP contribution in [-0.4, -0.2) is 52.1 Å². The number of hydrogen-bond acceptors (Lipinski definition) is 5. The Morgan fingerprint density at radius 3 is 2.54 bits per heavy atom. The zero-order valence-electron chi connectivity index (χ0n) is 13.8. The Bertz CT molecular complexity index is 645. The number of carbonyl (C=O) groups excluding carboxylic acids is 1. The lowest BCUT2D eigenvalue weighted by atomic mass is 10.1. The average molecular weight is 378 g/mol. The molecule has 0 saturated carbocycles. The van der Waals surface area contributed by atoms with Crippen LogP contribution in [0.3, 0.4) is 0 Å². The van der Waals surface area contributed by atoms with E-state index in [-0.39, 0.29) is 35.3 Å². The molecule has 2 unspecified atom stereocenters. The topological polar surface area (TPSA) is 102 Å². The number of nitrogens with zero attached hydrogens (tertiary/aromatic N) is 1. The van der Waals surface area contributed by atoms with E-state index < -0.39 is 10.0 Å². The minimum Gasteiger partial charge on any atom is -0.378 e. The third-order valence-corrected chi connectivity index (χ3v) is 5.01. The lowest BCUT2D eigenvalue weighted by Crippen LogP contribution is -2.44. The Labute approximate surface area is 149 Å². The highest BCUT2D eigenvalue weighted by Gasteiger charge is 2.23. The van der Waals surface area contributed by atoms with E-state index in [4.69, 9.17) is 9.88 Å². The summed E-state index contributed by atoms with van der Waals surface area (Å²) in [6.07, 6.45) is 0.371. The molecule has 0 bridgehead atoms. The van der Waals surface area contributed by atoms with Gasteiger partial charge in [-0.25, -0.2) is 13.6 Å². The van der Waals surface area contributed by atoms with Crippen LogP contribution in [0.5, 0.6) is 0 Å². The predicted octanol–water partition coefficient (Wildman–Crippen LogP) is 0.654. The largest absolute Gasteiger partial charge is 0.378 e. The van der Waals surface area contributed by atoms with Gasteiger partial charge in [-0.3, -0.25) is 4.79 Å². The molecule has 3 N–H and O–H groups in total. The van der Waals surface area contributed by atoms with Crippen LogP contribution in [0.25, 0.3) is 0 Å². The number of benzene rings is 1. The van der Waals surface area contributed by atoms with Crippen molar-refractivity contribution in [3.05, 3.63) is 29.8 Å². The van der Waals surface area contributed by atoms with E-state index in [1.54, 1.807) is 24.1 Å². The van der Waals surface area contributed by atoms with Crippen molar-refractivity contribution in [2.24, 2.45) is 5.14 Å². The monoisotopic (exact) mass is 377 g/mol. The van der Waals surface area contributed by atoms with E-state index >= 15 is 0 Å². The van der Waals surface area contributed by atoms with Gasteiger partial charge >= 0.3 is 0 Å². The zero-order valence-corrected chi connectivity index (χ0v) is 15.4. The first-order valence-electron chi connectivity index (χ1n) is 7.48. The molecule has 1 saturated heterocycles. The summed E-state index contributed by atoms with van der Waals surface area (Å²) in [6.45, 7) is 3.87. The van der Waals surface area contributed by atoms with Crippen LogP contribution in [0.15, 0.2) is 29.2 Å². The first-order chi connectivity index (χ1) is 10.8. The normalized spacial score (nSPS) is 19.2. The predicted molar refractivity (Wildman–Crippen MR) is 93.5 cm³/mol. The van der Waals surface area contributed by atoms with Crippen LogP contribution in [-0.2, 0) is 19.6 Å². The second-order valence-corrected chi connectivity index (χ2v) is 7.29. The lowest BCUT2D eigenvalue weighted by Gasteiger charge is -2.29. The molecule has 7 nitrogen and oxygen atoms in total. The molecule has 1 amide bonds. The summed E-state index contributed by atoms with van der Waals surface area (Å²) in [4.78, 5) is 14.1. The van der Waals surface area contributed by atoms with Gasteiger partial charge in [-0.05, 0) is 24.6 Å². The zero-order chi connectivity index (χ0) is 17.0. The first kappa shape index (κ1) is 20.9. The van der Waals surface area contributed by atoms with Crippen LogP contribution in [0.1, 0.15) is 24.9 Å². The van der Waals surface area contributed by atoms with Crippen molar-refractivity contribution in [3.8, 4) is 0 Å². The number of nitrogens with two attached hydrogens (primary N) is 1. The standard InChI is InChI=1S/C15H23N3O4S.ClH/c1-11(12-3-5-14(6-4-12)23(16,20)21)18(2)15(19)9-13-10-22-8-7-17-13;/h3-6,11,13,17H,7-10H2,1-2H3,(H2,16,20,21);1H. The fourth-order valence-corrected chi connectivity index (χ4v) is 3.00. The fourth-order valence-electron chi connectivity index (χ4n) is 2.48. The average Bonchev–Trinajstić information content (AvgIpc) is 2.53. The van der Waals surface area contributed by atoms with Crippen LogP contribution in [0.2, 0.25) is 0 Å². The molecule has 2 rings (SSSR count). The Hall–Kier alpha value is -1.19. The van der Waals surface area contributed by atoms with Crippen molar-refractivity contribution in [1.29, 1.82) is 0 Å². The van der Waals surface area contributed by atoms with Gasteiger partial charge in [0.2, 0.25) is 15.9 Å². The summed E-state index contributed by atoms with van der Waals surface area (Å²) in [7, 11) is -1.96. The van der Waals surface area contributed by atoms with E-state index in [1.807, 2.05) is 6.92 Å². The number of ether oxygens (including phenoxy) is 1. The van der Waals surface area contributed by atoms with Gasteiger partial charge in [-0.2, -0.15) is 0 Å². The summed E-state index contributed by atoms with van der Waals surface area (Å²) in [6, 6.07) is 6.13. The summed E-state index contributed by atoms with van der Waals surface area (Å²) >= 11 is 0. The Kier molecular flexibility index (Phi) is 7.62. The molecule has 0 spiro atoms. The maximum absolute atomic E-state index is 12.4. The van der Waals surface area contributed by atoms with Crippen LogP contribution < -0.4 is 10.5 Å². The molecule has 1 heterocycles. The molecule has 1 aromatic rings. The third kappa shape index (κ3) is 5.42. The molecule has 136 valence electrons. The maximum atomic E-state index is 12.4. The molecule has 0 aromatic heterocycles. The summed E-state index contributed by atoms with van der Waals surface area (Å²) < 4.78 is 27.9. The summed E-state index contributed by atoms with van der Waals surface area (Å²) in [5, 5.41) is 8.34. The van der Waals surface area contributed by atoms with Gasteiger partial charge in [-0.15, -0.1) is 12.4 Å². The highest BCUT2D eigenvalue weighted by atomic mass is 35.5. The number of rotatable bonds is 5. The number of carbonyl (C=O) groups is 1. The van der Waals surface area contributed by atoms with Crippen molar-refractivity contribution in [2.45, 2.75) is 30.3 Å². The van der Waals surface area contributed by atoms with Gasteiger partial charge in [0.05, 0.1) is 24.2 Å². The third-order valence-electron chi connectivity index (χ3n) is 4.08. The second-order valence-electron chi connectivity index (χ2n) is 5.72. The first-order valence-corrected chi connectivity index (χ1v) is 9.03. The van der Waals surface area contributed by atoms with Gasteiger partial charge in [0.1, 0.15) is 0 Å². The fraction of sp³-hybridized carbons (Fsp3) is 0.533. The van der Waals surface area contributed by atoms with Gasteiger partial charge in [0.15, 0.2) is 0 Å². The van der Waals surface area contributed by atoms with Gasteiger partial charge in [0, 0.05) is 26.1 Å². The Morgan fingerprint density at radius 2 is 2.04 bits per heavy atom. The lowest BCUT2D eigenvalue weighted by molar-refractivity contribution is -0.133. The number of halogens is 1. The number of amides is 1. The molecule has 24 heavy (non-hydrogen) atoms. The van der Waals surface area contributed by atoms with Crippen molar-refractivity contribution in [3.63, 3.8) is 0 Å². The molecular formula is C15H24ClN3O4S. The van der Waals surface area contributed by atoms with Crippen molar-refractivity contribution in [1.82, 2.24) is 10.2 Å². The Morgan fingerprint density at radius 1 is 1.42 bits per heavy atom. The van der Waals surface area contributed by atoms with Crippen molar-refractivity contribution >= 4 is 28.3 Å². The molecule has 2 atom stereocenters. The quantitative estimate of drug-likeness (QED) is 0.784. The molecule has 0 radical (unpaired) electrons. The number of morpholine rings is 1. The maximum Gasteiger partial charge on any atom is 0.238 e. The van der Waals surface area contributed by atoms with E-state index in [2.05, 4.69) is 5.32 Å². The minimum absolute atomic E-state index is 0. The smallest absolute Gasteiger partial charge is 0.238 e. The highest BCUT2D eigenvalue weighted by molar-refractivity contribution is 7.89. The number of nitrogens with one attached hydrogen (secondary N) is 1. The molecule has 1 aliphatic heterocycles. The minimum atomic E-state index is -3.70. The molecule has 0 aliphatic carbocycles. The number of hydrogen-bond donors (Lipinski definition) is 2. The second kappa shape index (κ2) is 8.77. The Balaban J connectivity index is 0.00000288. The van der Waals surface area contributed by atoms with Crippen LogP contribution >= 0.6 is 12.4 Å². The molecular weight excluding hydrogens is 354 g/mol. The summed E-state index contributed by atoms with van der Waals surface area (Å²) in [5.41, 5.74) is 0.848. The van der Waals surface area contributed by atoms with Crippen molar-refractivity contribution < 1.29 is 17.9 Å². The molecule has 9 heteroatoms. The summed E-state index contributed by atoms with van der Waals surface area (Å²) in [5.74, 6) is 0.0102. The van der Waals surface area contributed by atoms with E-state index in [9.17, 15) is 13.2 Å². The van der Waals surface area contributed by atoms with Gasteiger partial charge < -0.3 is 15.0 Å². The van der Waals surface area contributed by atoms with Crippen LogP contribution in [0, 0.1) is 0 Å². The van der Waals surface area contributed by atoms with Gasteiger partial charge in [0.25, 0.3) is 0 Å². The van der Waals surface area contributed by atoms with E-state index in [0.717, 1.165) is 12.1 Å². The van der Waals surface area contributed by atoms with E-state index in [0.29, 0.717) is 19.6 Å². The highest BCUT2D eigenvalue weighted by Crippen LogP contribution is 2.21.